The Morgan fingerprint density at radius 2 is 1.52 bits per heavy atom. The first kappa shape index (κ1) is 31.7. The van der Waals surface area contributed by atoms with Crippen LogP contribution >= 0.6 is 34.8 Å². The Bertz CT molecular complexity index is 1460. The largest absolute Gasteiger partial charge is 0.350 e. The van der Waals surface area contributed by atoms with E-state index in [1.54, 1.807) is 24.3 Å². The predicted molar refractivity (Wildman–Crippen MR) is 162 cm³/mol. The van der Waals surface area contributed by atoms with Crippen molar-refractivity contribution in [2.75, 3.05) is 17.1 Å². The fourth-order valence-electron chi connectivity index (χ4n) is 4.10. The highest BCUT2D eigenvalue weighted by Gasteiger charge is 2.35. The van der Waals surface area contributed by atoms with Gasteiger partial charge in [-0.05, 0) is 56.2 Å². The lowest BCUT2D eigenvalue weighted by Gasteiger charge is -2.35. The summed E-state index contributed by atoms with van der Waals surface area (Å²) in [6.07, 6.45) is 1.18. The van der Waals surface area contributed by atoms with Crippen LogP contribution in [0.25, 0.3) is 0 Å². The van der Waals surface area contributed by atoms with Crippen LogP contribution in [-0.4, -0.2) is 49.5 Å². The number of carbonyl (C=O) groups excluding carboxylic acids is 2. The molecule has 0 aliphatic heterocycles. The average Bonchev–Trinajstić information content (AvgIpc) is 2.85. The minimum Gasteiger partial charge on any atom is -0.350 e. The molecule has 11 heteroatoms. The van der Waals surface area contributed by atoms with Crippen LogP contribution in [0, 0.1) is 0 Å². The molecule has 0 aliphatic rings. The van der Waals surface area contributed by atoms with Crippen molar-refractivity contribution in [3.05, 3.63) is 99.0 Å². The molecule has 3 rings (SSSR count). The molecule has 7 nitrogen and oxygen atoms in total. The second-order valence-corrected chi connectivity index (χ2v) is 13.6. The smallest absolute Gasteiger partial charge is 0.244 e. The van der Waals surface area contributed by atoms with Crippen molar-refractivity contribution in [2.24, 2.45) is 0 Å². The lowest BCUT2D eigenvalue weighted by Crippen LogP contribution is -2.56. The number of halogens is 3. The van der Waals surface area contributed by atoms with E-state index in [4.69, 9.17) is 34.8 Å². The Hall–Kier alpha value is -2.78. The fraction of sp³-hybridized carbons (Fsp3) is 0.310. The van der Waals surface area contributed by atoms with Gasteiger partial charge in [0.25, 0.3) is 0 Å². The summed E-state index contributed by atoms with van der Waals surface area (Å²) in [5.74, 6) is -0.992. The first-order valence-corrected chi connectivity index (χ1v) is 15.5. The summed E-state index contributed by atoms with van der Waals surface area (Å²) >= 11 is 18.8. The molecule has 0 fully saturated rings. The molecule has 0 saturated heterocycles. The van der Waals surface area contributed by atoms with Crippen LogP contribution in [0.4, 0.5) is 5.69 Å². The molecule has 1 atom stereocenters. The summed E-state index contributed by atoms with van der Waals surface area (Å²) in [5.41, 5.74) is 0.947. The highest BCUT2D eigenvalue weighted by atomic mass is 35.5. The molecule has 3 aromatic rings. The first-order valence-electron chi connectivity index (χ1n) is 12.5. The lowest BCUT2D eigenvalue weighted by atomic mass is 10.0. The Labute approximate surface area is 251 Å². The third kappa shape index (κ3) is 8.86. The van der Waals surface area contributed by atoms with Gasteiger partial charge in [-0.25, -0.2) is 8.42 Å². The molecule has 0 aliphatic carbocycles. The summed E-state index contributed by atoms with van der Waals surface area (Å²) in [6, 6.07) is 19.6. The number of rotatable bonds is 10. The zero-order valence-electron chi connectivity index (χ0n) is 22.7. The summed E-state index contributed by atoms with van der Waals surface area (Å²) < 4.78 is 26.7. The van der Waals surface area contributed by atoms with Gasteiger partial charge in [0.1, 0.15) is 12.6 Å². The Balaban J connectivity index is 2.10. The highest BCUT2D eigenvalue weighted by Crippen LogP contribution is 2.31. The summed E-state index contributed by atoms with van der Waals surface area (Å²) in [7, 11) is -3.96. The van der Waals surface area contributed by atoms with Gasteiger partial charge >= 0.3 is 0 Å². The maximum absolute atomic E-state index is 14.1. The van der Waals surface area contributed by atoms with Gasteiger partial charge in [0, 0.05) is 28.5 Å². The van der Waals surface area contributed by atoms with E-state index in [2.05, 4.69) is 5.32 Å². The van der Waals surface area contributed by atoms with E-state index in [1.807, 2.05) is 51.1 Å². The minimum atomic E-state index is -3.96. The van der Waals surface area contributed by atoms with Crippen LogP contribution < -0.4 is 9.62 Å². The van der Waals surface area contributed by atoms with Gasteiger partial charge < -0.3 is 10.2 Å². The number of sulfonamides is 1. The van der Waals surface area contributed by atoms with Crippen molar-refractivity contribution in [2.45, 2.75) is 45.3 Å². The Kier molecular flexibility index (Phi) is 10.5. The molecular formula is C29H32Cl3N3O4S. The number of carbonyl (C=O) groups is 2. The van der Waals surface area contributed by atoms with Crippen LogP contribution in [0.1, 0.15) is 31.9 Å². The normalized spacial score (nSPS) is 12.5. The number of anilines is 1. The molecule has 2 amide bonds. The standard InChI is InChI=1S/C29H32Cl3N3O4S/c1-29(2,3)33-28(37)26(16-20-10-6-5-7-11-20)34(18-21-12-8-9-13-23(21)31)27(36)19-35(40(4,38)39)25-15-14-22(30)17-24(25)32/h5-15,17,26H,16,18-19H2,1-4H3,(H,33,37)/t26-/m0/s1. The van der Waals surface area contributed by atoms with Crippen molar-refractivity contribution in [3.63, 3.8) is 0 Å². The SMILES string of the molecule is CC(C)(C)NC(=O)[C@H](Cc1ccccc1)N(Cc1ccccc1Cl)C(=O)CN(c1ccc(Cl)cc1Cl)S(C)(=O)=O. The van der Waals surface area contributed by atoms with Crippen LogP contribution in [0.2, 0.25) is 15.1 Å². The summed E-state index contributed by atoms with van der Waals surface area (Å²) in [4.78, 5) is 29.2. The van der Waals surface area contributed by atoms with Crippen LogP contribution in [0.5, 0.6) is 0 Å². The van der Waals surface area contributed by atoms with E-state index in [9.17, 15) is 18.0 Å². The van der Waals surface area contributed by atoms with Crippen molar-refractivity contribution < 1.29 is 18.0 Å². The van der Waals surface area contributed by atoms with Crippen LogP contribution in [0.3, 0.4) is 0 Å². The number of hydrogen-bond acceptors (Lipinski definition) is 4. The number of benzene rings is 3. The predicted octanol–water partition coefficient (Wildman–Crippen LogP) is 5.97. The molecular weight excluding hydrogens is 593 g/mol. The summed E-state index contributed by atoms with van der Waals surface area (Å²) in [5, 5.41) is 3.77. The number of amides is 2. The van der Waals surface area contributed by atoms with Crippen molar-refractivity contribution in [3.8, 4) is 0 Å². The van der Waals surface area contributed by atoms with Gasteiger partial charge in [0.05, 0.1) is 17.0 Å². The van der Waals surface area contributed by atoms with Gasteiger partial charge in [-0.15, -0.1) is 0 Å². The van der Waals surface area contributed by atoms with Crippen LogP contribution in [-0.2, 0) is 32.6 Å². The lowest BCUT2D eigenvalue weighted by molar-refractivity contribution is -0.140. The molecule has 0 saturated carbocycles. The maximum Gasteiger partial charge on any atom is 0.244 e. The van der Waals surface area contributed by atoms with Gasteiger partial charge in [-0.2, -0.15) is 0 Å². The van der Waals surface area contributed by atoms with E-state index in [0.29, 0.717) is 15.6 Å². The van der Waals surface area contributed by atoms with E-state index in [0.717, 1.165) is 16.1 Å². The second kappa shape index (κ2) is 13.3. The zero-order valence-corrected chi connectivity index (χ0v) is 25.8. The maximum atomic E-state index is 14.1. The van der Waals surface area contributed by atoms with Crippen LogP contribution in [0.15, 0.2) is 72.8 Å². The van der Waals surface area contributed by atoms with Crippen molar-refractivity contribution >= 4 is 62.3 Å². The molecule has 3 aromatic carbocycles. The third-order valence-corrected chi connectivity index (χ3v) is 7.96. The molecule has 0 aromatic heterocycles. The average molecular weight is 625 g/mol. The topological polar surface area (TPSA) is 86.8 Å². The molecule has 0 unspecified atom stereocenters. The molecule has 214 valence electrons. The molecule has 0 bridgehead atoms. The summed E-state index contributed by atoms with van der Waals surface area (Å²) in [6.45, 7) is 4.91. The first-order chi connectivity index (χ1) is 18.7. The number of nitrogens with one attached hydrogen (secondary N) is 1. The van der Waals surface area contributed by atoms with E-state index >= 15 is 0 Å². The zero-order chi connectivity index (χ0) is 29.7. The van der Waals surface area contributed by atoms with Gasteiger partial charge in [-0.3, -0.25) is 13.9 Å². The van der Waals surface area contributed by atoms with E-state index in [1.165, 1.54) is 23.1 Å². The molecule has 40 heavy (non-hydrogen) atoms. The Morgan fingerprint density at radius 1 is 0.900 bits per heavy atom. The quantitative estimate of drug-likeness (QED) is 0.301. The van der Waals surface area contributed by atoms with Gasteiger partial charge in [0.15, 0.2) is 0 Å². The van der Waals surface area contributed by atoms with Crippen molar-refractivity contribution in [1.82, 2.24) is 10.2 Å². The minimum absolute atomic E-state index is 0.0283. The monoisotopic (exact) mass is 623 g/mol. The molecule has 1 N–H and O–H groups in total. The van der Waals surface area contributed by atoms with E-state index in [-0.39, 0.29) is 29.6 Å². The molecule has 0 heterocycles. The van der Waals surface area contributed by atoms with Gasteiger partial charge in [0.2, 0.25) is 21.8 Å². The van der Waals surface area contributed by atoms with Crippen molar-refractivity contribution in [1.29, 1.82) is 0 Å². The third-order valence-electron chi connectivity index (χ3n) is 5.93. The van der Waals surface area contributed by atoms with E-state index < -0.39 is 34.1 Å². The second-order valence-electron chi connectivity index (χ2n) is 10.4. The Morgan fingerprint density at radius 3 is 2.10 bits per heavy atom. The van der Waals surface area contributed by atoms with Gasteiger partial charge in [-0.1, -0.05) is 83.3 Å². The highest BCUT2D eigenvalue weighted by molar-refractivity contribution is 7.92. The molecule has 0 radical (unpaired) electrons. The number of hydrogen-bond donors (Lipinski definition) is 1. The fourth-order valence-corrected chi connectivity index (χ4v) is 5.71. The molecule has 0 spiro atoms. The number of nitrogens with zero attached hydrogens (tertiary/aromatic N) is 2.